The first kappa shape index (κ1) is 21.2. The summed E-state index contributed by atoms with van der Waals surface area (Å²) in [5.74, 6) is 1.08. The van der Waals surface area contributed by atoms with Gasteiger partial charge < -0.3 is 20.3 Å². The Labute approximate surface area is 187 Å². The summed E-state index contributed by atoms with van der Waals surface area (Å²) in [5.41, 5.74) is 5.29. The number of nitrogens with zero attached hydrogens (tertiary/aromatic N) is 2. The fourth-order valence-electron chi connectivity index (χ4n) is 3.45. The van der Waals surface area contributed by atoms with E-state index in [1.54, 1.807) is 12.3 Å². The van der Waals surface area contributed by atoms with Crippen molar-refractivity contribution >= 4 is 40.4 Å². The summed E-state index contributed by atoms with van der Waals surface area (Å²) >= 11 is 5.95. The standard InChI is InChI=1S/C24H25ClN4O2/c1-17-5-6-21(15-22(17)27-20-4-2-3-18(13-20)16-25)28-24(30)19-7-8-26-23(14-19)29-9-11-31-12-10-29/h2-8,13-15,27H,9-12,16H2,1H3,(H,28,30). The molecule has 160 valence electrons. The van der Waals surface area contributed by atoms with Crippen LogP contribution in [0.2, 0.25) is 0 Å². The Hall–Kier alpha value is -3.09. The highest BCUT2D eigenvalue weighted by Crippen LogP contribution is 2.26. The van der Waals surface area contributed by atoms with Crippen molar-refractivity contribution in [1.82, 2.24) is 4.98 Å². The summed E-state index contributed by atoms with van der Waals surface area (Å²) in [6.45, 7) is 4.92. The zero-order valence-electron chi connectivity index (χ0n) is 17.4. The first-order valence-corrected chi connectivity index (χ1v) is 10.8. The lowest BCUT2D eigenvalue weighted by Gasteiger charge is -2.27. The zero-order chi connectivity index (χ0) is 21.6. The maximum absolute atomic E-state index is 12.9. The molecule has 1 aliphatic rings. The monoisotopic (exact) mass is 436 g/mol. The Morgan fingerprint density at radius 2 is 1.94 bits per heavy atom. The largest absolute Gasteiger partial charge is 0.378 e. The van der Waals surface area contributed by atoms with Gasteiger partial charge >= 0.3 is 0 Å². The Kier molecular flexibility index (Phi) is 6.70. The van der Waals surface area contributed by atoms with Crippen molar-refractivity contribution in [3.05, 3.63) is 77.5 Å². The van der Waals surface area contributed by atoms with Crippen LogP contribution in [0.25, 0.3) is 0 Å². The molecule has 6 nitrogen and oxygen atoms in total. The molecule has 0 aliphatic carbocycles. The number of carbonyl (C=O) groups is 1. The van der Waals surface area contributed by atoms with Crippen LogP contribution in [-0.4, -0.2) is 37.2 Å². The molecule has 0 spiro atoms. The second-order valence-corrected chi connectivity index (χ2v) is 7.71. The average molecular weight is 437 g/mol. The first-order chi connectivity index (χ1) is 15.1. The summed E-state index contributed by atoms with van der Waals surface area (Å²) in [5, 5.41) is 6.41. The van der Waals surface area contributed by atoms with Crippen LogP contribution in [0, 0.1) is 6.92 Å². The molecule has 2 heterocycles. The van der Waals surface area contributed by atoms with Crippen LogP contribution in [0.1, 0.15) is 21.5 Å². The van der Waals surface area contributed by atoms with Crippen molar-refractivity contribution in [2.24, 2.45) is 0 Å². The minimum absolute atomic E-state index is 0.171. The van der Waals surface area contributed by atoms with Gasteiger partial charge in [-0.3, -0.25) is 4.79 Å². The molecule has 1 fully saturated rings. The van der Waals surface area contributed by atoms with Crippen molar-refractivity contribution in [3.63, 3.8) is 0 Å². The van der Waals surface area contributed by atoms with Gasteiger partial charge in [0.25, 0.3) is 5.91 Å². The molecular formula is C24H25ClN4O2. The molecule has 2 N–H and O–H groups in total. The van der Waals surface area contributed by atoms with Crippen LogP contribution in [0.3, 0.4) is 0 Å². The Morgan fingerprint density at radius 1 is 1.10 bits per heavy atom. The highest BCUT2D eigenvalue weighted by Gasteiger charge is 2.15. The summed E-state index contributed by atoms with van der Waals surface area (Å²) < 4.78 is 5.39. The number of carbonyl (C=O) groups excluding carboxylic acids is 1. The number of anilines is 4. The van der Waals surface area contributed by atoms with Gasteiger partial charge in [0.2, 0.25) is 0 Å². The van der Waals surface area contributed by atoms with Crippen LogP contribution < -0.4 is 15.5 Å². The number of aromatic nitrogens is 1. The maximum atomic E-state index is 12.9. The van der Waals surface area contributed by atoms with Gasteiger partial charge in [-0.05, 0) is 54.4 Å². The lowest BCUT2D eigenvalue weighted by molar-refractivity contribution is 0.102. The SMILES string of the molecule is Cc1ccc(NC(=O)c2ccnc(N3CCOCC3)c2)cc1Nc1cccc(CCl)c1. The number of amides is 1. The molecule has 0 saturated carbocycles. The molecule has 31 heavy (non-hydrogen) atoms. The van der Waals surface area contributed by atoms with Gasteiger partial charge in [0.15, 0.2) is 0 Å². The van der Waals surface area contributed by atoms with Crippen molar-refractivity contribution < 1.29 is 9.53 Å². The number of alkyl halides is 1. The molecule has 1 aromatic heterocycles. The van der Waals surface area contributed by atoms with Gasteiger partial charge in [0.05, 0.1) is 13.2 Å². The number of nitrogens with one attached hydrogen (secondary N) is 2. The molecule has 0 bridgehead atoms. The van der Waals surface area contributed by atoms with E-state index in [1.807, 2.05) is 55.5 Å². The number of hydrogen-bond acceptors (Lipinski definition) is 5. The highest BCUT2D eigenvalue weighted by atomic mass is 35.5. The van der Waals surface area contributed by atoms with E-state index in [1.165, 1.54) is 0 Å². The van der Waals surface area contributed by atoms with Crippen LogP contribution in [-0.2, 0) is 10.6 Å². The third-order valence-corrected chi connectivity index (χ3v) is 5.51. The molecule has 1 amide bonds. The molecule has 1 saturated heterocycles. The number of benzene rings is 2. The molecule has 3 aromatic rings. The smallest absolute Gasteiger partial charge is 0.255 e. The lowest BCUT2D eigenvalue weighted by atomic mass is 10.1. The number of pyridine rings is 1. The lowest BCUT2D eigenvalue weighted by Crippen LogP contribution is -2.36. The summed E-state index contributed by atoms with van der Waals surface area (Å²) in [6, 6.07) is 17.3. The number of aryl methyl sites for hydroxylation is 1. The zero-order valence-corrected chi connectivity index (χ0v) is 18.2. The molecule has 1 aliphatic heterocycles. The molecule has 4 rings (SSSR count). The molecule has 0 atom stereocenters. The second kappa shape index (κ2) is 9.81. The Balaban J connectivity index is 1.49. The van der Waals surface area contributed by atoms with Gasteiger partial charge in [-0.15, -0.1) is 11.6 Å². The van der Waals surface area contributed by atoms with Crippen molar-refractivity contribution in [1.29, 1.82) is 0 Å². The third-order valence-electron chi connectivity index (χ3n) is 5.20. The van der Waals surface area contributed by atoms with Gasteiger partial charge in [0.1, 0.15) is 5.82 Å². The fraction of sp³-hybridized carbons (Fsp3) is 0.250. The van der Waals surface area contributed by atoms with Gasteiger partial charge in [-0.1, -0.05) is 18.2 Å². The van der Waals surface area contributed by atoms with E-state index < -0.39 is 0 Å². The van der Waals surface area contributed by atoms with E-state index >= 15 is 0 Å². The van der Waals surface area contributed by atoms with Crippen LogP contribution in [0.15, 0.2) is 60.8 Å². The van der Waals surface area contributed by atoms with E-state index in [-0.39, 0.29) is 5.91 Å². The van der Waals surface area contributed by atoms with Crippen LogP contribution in [0.5, 0.6) is 0 Å². The average Bonchev–Trinajstić information content (AvgIpc) is 2.82. The quantitative estimate of drug-likeness (QED) is 0.534. The summed E-state index contributed by atoms with van der Waals surface area (Å²) in [7, 11) is 0. The maximum Gasteiger partial charge on any atom is 0.255 e. The predicted octanol–water partition coefficient (Wildman–Crippen LogP) is 4.96. The van der Waals surface area contributed by atoms with Crippen molar-refractivity contribution in [2.45, 2.75) is 12.8 Å². The molecule has 0 radical (unpaired) electrons. The topological polar surface area (TPSA) is 66.5 Å². The van der Waals surface area contributed by atoms with E-state index in [2.05, 4.69) is 20.5 Å². The summed E-state index contributed by atoms with van der Waals surface area (Å²) in [4.78, 5) is 19.4. The van der Waals surface area contributed by atoms with E-state index in [0.29, 0.717) is 24.7 Å². The first-order valence-electron chi connectivity index (χ1n) is 10.2. The normalized spacial score (nSPS) is 13.7. The van der Waals surface area contributed by atoms with Crippen molar-refractivity contribution in [2.75, 3.05) is 41.8 Å². The number of morpholine rings is 1. The summed E-state index contributed by atoms with van der Waals surface area (Å²) in [6.07, 6.45) is 1.67. The number of rotatable bonds is 6. The van der Waals surface area contributed by atoms with E-state index in [4.69, 9.17) is 16.3 Å². The van der Waals surface area contributed by atoms with Crippen molar-refractivity contribution in [3.8, 4) is 0 Å². The van der Waals surface area contributed by atoms with Gasteiger partial charge in [-0.25, -0.2) is 4.98 Å². The Morgan fingerprint density at radius 3 is 2.74 bits per heavy atom. The van der Waals surface area contributed by atoms with E-state index in [9.17, 15) is 4.79 Å². The van der Waals surface area contributed by atoms with E-state index in [0.717, 1.165) is 47.1 Å². The fourth-order valence-corrected chi connectivity index (χ4v) is 3.62. The van der Waals surface area contributed by atoms with Crippen LogP contribution >= 0.6 is 11.6 Å². The minimum Gasteiger partial charge on any atom is -0.378 e. The van der Waals surface area contributed by atoms with Crippen LogP contribution in [0.4, 0.5) is 22.9 Å². The third kappa shape index (κ3) is 5.34. The molecular weight excluding hydrogens is 412 g/mol. The number of halogens is 1. The van der Waals surface area contributed by atoms with Gasteiger partial charge in [0, 0.05) is 47.8 Å². The van der Waals surface area contributed by atoms with Gasteiger partial charge in [-0.2, -0.15) is 0 Å². The Bertz CT molecular complexity index is 1070. The minimum atomic E-state index is -0.171. The molecule has 2 aromatic carbocycles. The number of ether oxygens (including phenoxy) is 1. The molecule has 0 unspecified atom stereocenters. The molecule has 7 heteroatoms. The predicted molar refractivity (Wildman–Crippen MR) is 126 cm³/mol. The number of hydrogen-bond donors (Lipinski definition) is 2. The second-order valence-electron chi connectivity index (χ2n) is 7.44. The highest BCUT2D eigenvalue weighted by molar-refractivity contribution is 6.17.